The number of ether oxygens (including phenoxy) is 6. The van der Waals surface area contributed by atoms with E-state index in [0.717, 1.165) is 16.5 Å². The number of H-pyrrole nitrogens is 1. The standard InChI is InChI=1S/C28H31N3O7/c1-26(2)35-22-15-34-25-28(23(22)36-26,38-27(3,4)37-25)16-29-31-24(32)21-13-18-12-19(10-11-20(18)30-21)33-14-17-8-6-5-7-9-17/h5-13,16,22-23,25,30H,14-15H2,1-4H3,(H,31,32). The number of aromatic amines is 1. The summed E-state index contributed by atoms with van der Waals surface area (Å²) in [6.45, 7) is 8.01. The fraction of sp³-hybridized carbons (Fsp3) is 0.429. The lowest BCUT2D eigenvalue weighted by atomic mass is 9.91. The Bertz CT molecular complexity index is 1370. The van der Waals surface area contributed by atoms with Gasteiger partial charge in [-0.25, -0.2) is 5.43 Å². The number of nitrogens with zero attached hydrogens (tertiary/aromatic N) is 1. The van der Waals surface area contributed by atoms with E-state index >= 15 is 0 Å². The van der Waals surface area contributed by atoms with Crippen LogP contribution in [0, 0.1) is 0 Å². The Hall–Kier alpha value is -3.28. The van der Waals surface area contributed by atoms with E-state index in [4.69, 9.17) is 28.4 Å². The first-order chi connectivity index (χ1) is 18.1. The Morgan fingerprint density at radius 3 is 2.71 bits per heavy atom. The smallest absolute Gasteiger partial charge is 0.287 e. The second-order valence-corrected chi connectivity index (χ2v) is 10.6. The molecule has 1 aromatic heterocycles. The molecule has 4 heterocycles. The molecule has 10 heteroatoms. The van der Waals surface area contributed by atoms with E-state index in [0.29, 0.717) is 24.7 Å². The predicted octanol–water partition coefficient (Wildman–Crippen LogP) is 3.86. The predicted molar refractivity (Wildman–Crippen MR) is 138 cm³/mol. The molecule has 0 saturated carbocycles. The molecule has 3 fully saturated rings. The molecule has 3 aromatic rings. The summed E-state index contributed by atoms with van der Waals surface area (Å²) in [6.07, 6.45) is -0.169. The molecule has 200 valence electrons. The van der Waals surface area contributed by atoms with Gasteiger partial charge in [0, 0.05) is 10.9 Å². The lowest BCUT2D eigenvalue weighted by Gasteiger charge is -2.39. The summed E-state index contributed by atoms with van der Waals surface area (Å²) in [4.78, 5) is 16.1. The second-order valence-electron chi connectivity index (χ2n) is 10.6. The van der Waals surface area contributed by atoms with Crippen LogP contribution in [0.2, 0.25) is 0 Å². The lowest BCUT2D eigenvalue weighted by molar-refractivity contribution is -0.208. The Labute approximate surface area is 220 Å². The van der Waals surface area contributed by atoms with Gasteiger partial charge in [-0.2, -0.15) is 5.10 Å². The zero-order valence-corrected chi connectivity index (χ0v) is 21.7. The van der Waals surface area contributed by atoms with Gasteiger partial charge in [0.1, 0.15) is 30.3 Å². The zero-order valence-electron chi connectivity index (χ0n) is 21.7. The number of hydrogen-bond acceptors (Lipinski definition) is 8. The molecule has 2 N–H and O–H groups in total. The maximum atomic E-state index is 13.0. The third-order valence-corrected chi connectivity index (χ3v) is 6.74. The van der Waals surface area contributed by atoms with Crippen LogP contribution in [0.3, 0.4) is 0 Å². The van der Waals surface area contributed by atoms with Crippen LogP contribution in [0.15, 0.2) is 59.7 Å². The second kappa shape index (κ2) is 9.18. The van der Waals surface area contributed by atoms with Gasteiger partial charge in [0.15, 0.2) is 23.5 Å². The summed E-state index contributed by atoms with van der Waals surface area (Å²) < 4.78 is 36.2. The van der Waals surface area contributed by atoms with Crippen LogP contribution in [0.4, 0.5) is 0 Å². The van der Waals surface area contributed by atoms with Crippen LogP contribution in [-0.2, 0) is 30.3 Å². The molecule has 6 rings (SSSR count). The fourth-order valence-electron chi connectivity index (χ4n) is 5.20. The van der Waals surface area contributed by atoms with Gasteiger partial charge in [0.2, 0.25) is 0 Å². The molecule has 38 heavy (non-hydrogen) atoms. The third-order valence-electron chi connectivity index (χ3n) is 6.74. The van der Waals surface area contributed by atoms with Crippen molar-refractivity contribution >= 4 is 23.0 Å². The molecule has 1 amide bonds. The number of aromatic nitrogens is 1. The molecule has 4 unspecified atom stereocenters. The molecule has 3 saturated heterocycles. The quantitative estimate of drug-likeness (QED) is 0.374. The molecule has 10 nitrogen and oxygen atoms in total. The van der Waals surface area contributed by atoms with Crippen molar-refractivity contribution in [3.8, 4) is 5.75 Å². The summed E-state index contributed by atoms with van der Waals surface area (Å²) in [7, 11) is 0. The molecule has 3 aliphatic rings. The van der Waals surface area contributed by atoms with Crippen LogP contribution in [-0.4, -0.2) is 59.4 Å². The van der Waals surface area contributed by atoms with Gasteiger partial charge >= 0.3 is 0 Å². The molecule has 0 aliphatic carbocycles. The van der Waals surface area contributed by atoms with E-state index < -0.39 is 35.5 Å². The third kappa shape index (κ3) is 4.70. The first-order valence-corrected chi connectivity index (χ1v) is 12.6. The van der Waals surface area contributed by atoms with Crippen LogP contribution in [0.1, 0.15) is 43.7 Å². The highest BCUT2D eigenvalue weighted by molar-refractivity contribution is 5.98. The minimum Gasteiger partial charge on any atom is -0.489 e. The summed E-state index contributed by atoms with van der Waals surface area (Å²) in [5.74, 6) is -1.46. The molecule has 2 aromatic carbocycles. The van der Waals surface area contributed by atoms with Crippen molar-refractivity contribution in [2.75, 3.05) is 6.61 Å². The van der Waals surface area contributed by atoms with Crippen molar-refractivity contribution in [2.24, 2.45) is 5.10 Å². The van der Waals surface area contributed by atoms with E-state index in [1.807, 2.05) is 62.4 Å². The van der Waals surface area contributed by atoms with Crippen LogP contribution in [0.25, 0.3) is 10.9 Å². The fourth-order valence-corrected chi connectivity index (χ4v) is 5.20. The average Bonchev–Trinajstić information content (AvgIpc) is 3.52. The molecule has 0 spiro atoms. The maximum Gasteiger partial charge on any atom is 0.287 e. The van der Waals surface area contributed by atoms with E-state index in [9.17, 15) is 4.79 Å². The van der Waals surface area contributed by atoms with Crippen molar-refractivity contribution in [3.63, 3.8) is 0 Å². The van der Waals surface area contributed by atoms with Crippen molar-refractivity contribution in [3.05, 3.63) is 65.9 Å². The first-order valence-electron chi connectivity index (χ1n) is 12.6. The summed E-state index contributed by atoms with van der Waals surface area (Å²) in [5, 5.41) is 5.09. The van der Waals surface area contributed by atoms with Crippen LogP contribution in [0.5, 0.6) is 5.75 Å². The number of fused-ring (bicyclic) bond motifs is 4. The van der Waals surface area contributed by atoms with E-state index in [1.54, 1.807) is 19.9 Å². The highest BCUT2D eigenvalue weighted by atomic mass is 16.9. The van der Waals surface area contributed by atoms with Gasteiger partial charge < -0.3 is 33.4 Å². The van der Waals surface area contributed by atoms with Crippen molar-refractivity contribution in [2.45, 2.75) is 70.0 Å². The minimum atomic E-state index is -1.20. The summed E-state index contributed by atoms with van der Waals surface area (Å²) >= 11 is 0. The number of hydrazone groups is 1. The van der Waals surface area contributed by atoms with Crippen molar-refractivity contribution < 1.29 is 33.2 Å². The maximum absolute atomic E-state index is 13.0. The Morgan fingerprint density at radius 1 is 1.08 bits per heavy atom. The molecule has 3 aliphatic heterocycles. The minimum absolute atomic E-state index is 0.298. The zero-order chi connectivity index (χ0) is 26.5. The number of carbonyl (C=O) groups is 1. The average molecular weight is 522 g/mol. The SMILES string of the molecule is CC1(C)OC2COC3OC(C)(C)OC3(C=NNC(=O)c3cc4cc(OCc5ccccc5)ccc4[nH]3)C2O1. The van der Waals surface area contributed by atoms with E-state index in [2.05, 4.69) is 15.5 Å². The van der Waals surface area contributed by atoms with Gasteiger partial charge in [0.25, 0.3) is 5.91 Å². The van der Waals surface area contributed by atoms with E-state index in [-0.39, 0.29) is 6.10 Å². The number of benzene rings is 2. The number of nitrogens with one attached hydrogen (secondary N) is 2. The number of rotatable bonds is 6. The van der Waals surface area contributed by atoms with Gasteiger partial charge in [-0.3, -0.25) is 4.79 Å². The summed E-state index contributed by atoms with van der Waals surface area (Å²) in [6, 6.07) is 17.3. The van der Waals surface area contributed by atoms with Gasteiger partial charge in [-0.1, -0.05) is 30.3 Å². The van der Waals surface area contributed by atoms with E-state index in [1.165, 1.54) is 6.21 Å². The van der Waals surface area contributed by atoms with Gasteiger partial charge in [-0.05, 0) is 57.5 Å². The largest absolute Gasteiger partial charge is 0.489 e. The van der Waals surface area contributed by atoms with Gasteiger partial charge in [-0.15, -0.1) is 0 Å². The van der Waals surface area contributed by atoms with Crippen molar-refractivity contribution in [1.82, 2.24) is 10.4 Å². The molecular weight excluding hydrogens is 490 g/mol. The molecule has 4 atom stereocenters. The molecular formula is C28H31N3O7. The van der Waals surface area contributed by atoms with Crippen molar-refractivity contribution in [1.29, 1.82) is 0 Å². The normalized spacial score (nSPS) is 29.3. The summed E-state index contributed by atoms with van der Waals surface area (Å²) in [5.41, 5.74) is 3.63. The Morgan fingerprint density at radius 2 is 1.89 bits per heavy atom. The Balaban J connectivity index is 1.17. The number of amides is 1. The highest BCUT2D eigenvalue weighted by Crippen LogP contribution is 2.47. The first kappa shape index (κ1) is 25.0. The Kier molecular flexibility index (Phi) is 6.04. The lowest BCUT2D eigenvalue weighted by Crippen LogP contribution is -2.62. The van der Waals surface area contributed by atoms with Crippen LogP contribution >= 0.6 is 0 Å². The van der Waals surface area contributed by atoms with Crippen LogP contribution < -0.4 is 10.2 Å². The molecule has 0 radical (unpaired) electrons. The number of hydrogen-bond donors (Lipinski definition) is 2. The number of carbonyl (C=O) groups excluding carboxylic acids is 1. The highest BCUT2D eigenvalue weighted by Gasteiger charge is 2.66. The molecule has 0 bridgehead atoms. The monoisotopic (exact) mass is 521 g/mol. The van der Waals surface area contributed by atoms with Gasteiger partial charge in [0.05, 0.1) is 12.8 Å². The topological polar surface area (TPSA) is 113 Å².